The number of piperidine rings is 2. The average Bonchev–Trinajstić information content (AvgIpc) is 3.62. The van der Waals surface area contributed by atoms with Crippen molar-refractivity contribution in [1.82, 2.24) is 25.2 Å². The number of carbonyl (C=O) groups excluding carboxylic acids is 1. The number of aliphatic carboxylic acids is 1. The van der Waals surface area contributed by atoms with Crippen LogP contribution in [0.4, 0.5) is 27.6 Å². The third-order valence-electron chi connectivity index (χ3n) is 10.4. The van der Waals surface area contributed by atoms with Crippen molar-refractivity contribution in [3.8, 4) is 28.3 Å². The van der Waals surface area contributed by atoms with Gasteiger partial charge in [0.2, 0.25) is 0 Å². The first kappa shape index (κ1) is 42.2. The van der Waals surface area contributed by atoms with E-state index in [0.717, 1.165) is 68.0 Å². The molecule has 0 unspecified atom stereocenters. The van der Waals surface area contributed by atoms with Crippen LogP contribution < -0.4 is 15.4 Å². The Hall–Kier alpha value is -5.45. The van der Waals surface area contributed by atoms with Gasteiger partial charge >= 0.3 is 12.1 Å². The lowest BCUT2D eigenvalue weighted by Crippen LogP contribution is -2.42. The normalized spacial score (nSPS) is 15.8. The van der Waals surface area contributed by atoms with Gasteiger partial charge in [-0.3, -0.25) is 4.79 Å². The molecule has 1 amide bonds. The molecule has 0 atom stereocenters. The molecule has 58 heavy (non-hydrogen) atoms. The lowest BCUT2D eigenvalue weighted by molar-refractivity contribution is -0.192. The SMILES string of the molecule is Cc1c(NC(=O)c2ccc(C(C)(C)O)cc2F)cc(F)cc1-c1ncnc2[nH]c(-c3ccc(OC4CCN(CC5CCNCC5)CC4)cc3)cc12.O=C(O)C(F)(F)F. The predicted octanol–water partition coefficient (Wildman–Crippen LogP) is 7.83. The number of nitrogens with zero attached hydrogens (tertiary/aromatic N) is 3. The second-order valence-corrected chi connectivity index (χ2v) is 15.1. The minimum atomic E-state index is -5.08. The summed E-state index contributed by atoms with van der Waals surface area (Å²) in [5, 5.41) is 24.1. The standard InChI is InChI=1S/C40H44F2N6O3.C2HF3O2/c1-24-32(19-28(41)20-35(24)47-39(49)31-9-6-27(18-34(31)42)40(2,3)50)37-33-21-36(46-38(33)45-23-44-37)26-4-7-29(8-5-26)51-30-12-16-48(17-13-30)22-25-10-14-43-15-11-25;3-2(4,5)1(6)7/h4-9,18-21,23,25,30,43,50H,10-17,22H2,1-3H3,(H,47,49)(H,44,45,46);(H,6,7). The summed E-state index contributed by atoms with van der Waals surface area (Å²) in [6.07, 6.45) is 1.11. The molecule has 5 aromatic rings. The number of nitrogens with one attached hydrogen (secondary N) is 3. The lowest BCUT2D eigenvalue weighted by atomic mass is 9.96. The van der Waals surface area contributed by atoms with E-state index in [0.29, 0.717) is 33.4 Å². The number of H-pyrrole nitrogens is 1. The number of likely N-dealkylation sites (tertiary alicyclic amines) is 1. The van der Waals surface area contributed by atoms with Crippen molar-refractivity contribution >= 4 is 28.6 Å². The largest absolute Gasteiger partial charge is 0.490 e. The first-order valence-corrected chi connectivity index (χ1v) is 18.9. The Bertz CT molecular complexity index is 2240. The molecule has 7 rings (SSSR count). The molecule has 2 fully saturated rings. The van der Waals surface area contributed by atoms with Crippen LogP contribution in [0.25, 0.3) is 33.5 Å². The Morgan fingerprint density at radius 2 is 1.62 bits per heavy atom. The summed E-state index contributed by atoms with van der Waals surface area (Å²) in [6.45, 7) is 10.4. The number of hydrogen-bond donors (Lipinski definition) is 5. The molecule has 0 radical (unpaired) electrons. The van der Waals surface area contributed by atoms with Crippen molar-refractivity contribution in [2.45, 2.75) is 64.3 Å². The zero-order valence-corrected chi connectivity index (χ0v) is 32.2. The van der Waals surface area contributed by atoms with Gasteiger partial charge in [0.05, 0.1) is 16.9 Å². The van der Waals surface area contributed by atoms with Crippen LogP contribution in [0.2, 0.25) is 0 Å². The van der Waals surface area contributed by atoms with Crippen LogP contribution in [-0.2, 0) is 10.4 Å². The Labute approximate surface area is 331 Å². The van der Waals surface area contributed by atoms with Gasteiger partial charge in [-0.25, -0.2) is 23.5 Å². The smallest absolute Gasteiger partial charge is 0.490 e. The average molecular weight is 809 g/mol. The number of aliphatic hydroxyl groups is 1. The highest BCUT2D eigenvalue weighted by molar-refractivity contribution is 6.06. The molecule has 5 N–H and O–H groups in total. The molecule has 2 aliphatic heterocycles. The maximum Gasteiger partial charge on any atom is 0.490 e. The summed E-state index contributed by atoms with van der Waals surface area (Å²) in [6, 6.07) is 16.4. The van der Waals surface area contributed by atoms with Crippen LogP contribution in [0, 0.1) is 24.5 Å². The molecule has 2 saturated heterocycles. The number of carboxylic acids is 1. The molecule has 16 heteroatoms. The first-order valence-electron chi connectivity index (χ1n) is 18.9. The second kappa shape index (κ2) is 17.6. The van der Waals surface area contributed by atoms with Gasteiger partial charge < -0.3 is 35.5 Å². The predicted molar refractivity (Wildman–Crippen MR) is 208 cm³/mol. The van der Waals surface area contributed by atoms with Gasteiger partial charge in [-0.2, -0.15) is 13.2 Å². The summed E-state index contributed by atoms with van der Waals surface area (Å²) in [7, 11) is 0. The molecule has 308 valence electrons. The Balaban J connectivity index is 0.000000743. The van der Waals surface area contributed by atoms with Crippen molar-refractivity contribution in [2.24, 2.45) is 5.92 Å². The van der Waals surface area contributed by atoms with Gasteiger partial charge in [0.15, 0.2) is 0 Å². The Morgan fingerprint density at radius 3 is 2.24 bits per heavy atom. The number of carboxylic acid groups (broad SMARTS) is 1. The number of benzene rings is 3. The fourth-order valence-electron chi connectivity index (χ4n) is 7.18. The monoisotopic (exact) mass is 808 g/mol. The Morgan fingerprint density at radius 1 is 0.948 bits per heavy atom. The highest BCUT2D eigenvalue weighted by Crippen LogP contribution is 2.36. The van der Waals surface area contributed by atoms with Crippen molar-refractivity contribution < 1.29 is 46.5 Å². The number of carbonyl (C=O) groups is 2. The third kappa shape index (κ3) is 10.3. The maximum absolute atomic E-state index is 15.1. The highest BCUT2D eigenvalue weighted by Gasteiger charge is 2.38. The number of fused-ring (bicyclic) bond motifs is 1. The molecule has 0 spiro atoms. The van der Waals surface area contributed by atoms with Crippen LogP contribution in [0.5, 0.6) is 5.75 Å². The van der Waals surface area contributed by atoms with Crippen LogP contribution in [-0.4, -0.2) is 86.9 Å². The number of alkyl halides is 3. The number of anilines is 1. The fourth-order valence-corrected chi connectivity index (χ4v) is 7.18. The van der Waals surface area contributed by atoms with E-state index in [1.165, 1.54) is 63.8 Å². The number of halogens is 5. The third-order valence-corrected chi connectivity index (χ3v) is 10.4. The maximum atomic E-state index is 15.1. The summed E-state index contributed by atoms with van der Waals surface area (Å²) in [5.74, 6) is -3.24. The number of aromatic nitrogens is 3. The van der Waals surface area contributed by atoms with Gasteiger partial charge in [-0.15, -0.1) is 0 Å². The summed E-state index contributed by atoms with van der Waals surface area (Å²) >= 11 is 0. The Kier molecular flexibility index (Phi) is 12.8. The summed E-state index contributed by atoms with van der Waals surface area (Å²) in [4.78, 5) is 36.9. The minimum Gasteiger partial charge on any atom is -0.490 e. The van der Waals surface area contributed by atoms with Crippen molar-refractivity contribution in [1.29, 1.82) is 0 Å². The van der Waals surface area contributed by atoms with E-state index in [9.17, 15) is 27.5 Å². The van der Waals surface area contributed by atoms with Gasteiger partial charge in [0.1, 0.15) is 35.5 Å². The van der Waals surface area contributed by atoms with Gasteiger partial charge in [0.25, 0.3) is 5.91 Å². The summed E-state index contributed by atoms with van der Waals surface area (Å²) in [5.41, 5.74) is 2.86. The lowest BCUT2D eigenvalue weighted by Gasteiger charge is -2.35. The van der Waals surface area contributed by atoms with Gasteiger partial charge in [-0.05, 0) is 137 Å². The zero-order chi connectivity index (χ0) is 41.8. The van der Waals surface area contributed by atoms with Crippen LogP contribution >= 0.6 is 0 Å². The van der Waals surface area contributed by atoms with Crippen LogP contribution in [0.3, 0.4) is 0 Å². The van der Waals surface area contributed by atoms with Gasteiger partial charge in [-0.1, -0.05) is 6.07 Å². The van der Waals surface area contributed by atoms with Crippen molar-refractivity contribution in [3.63, 3.8) is 0 Å². The number of ether oxygens (including phenoxy) is 1. The first-order chi connectivity index (χ1) is 27.5. The number of amides is 1. The molecule has 2 aliphatic rings. The second-order valence-electron chi connectivity index (χ2n) is 15.1. The zero-order valence-electron chi connectivity index (χ0n) is 32.2. The van der Waals surface area contributed by atoms with E-state index in [-0.39, 0.29) is 17.4 Å². The summed E-state index contributed by atoms with van der Waals surface area (Å²) < 4.78 is 68.1. The minimum absolute atomic E-state index is 0.187. The highest BCUT2D eigenvalue weighted by atomic mass is 19.4. The van der Waals surface area contributed by atoms with E-state index in [2.05, 4.69) is 30.5 Å². The van der Waals surface area contributed by atoms with E-state index in [4.69, 9.17) is 14.6 Å². The number of rotatable bonds is 9. The van der Waals surface area contributed by atoms with Gasteiger partial charge in [0, 0.05) is 42.0 Å². The molecule has 3 aromatic carbocycles. The van der Waals surface area contributed by atoms with E-state index in [1.807, 2.05) is 30.3 Å². The molecular weight excluding hydrogens is 763 g/mol. The van der Waals surface area contributed by atoms with E-state index < -0.39 is 35.3 Å². The topological polar surface area (TPSA) is 153 Å². The molecule has 0 aliphatic carbocycles. The molecule has 0 bridgehead atoms. The van der Waals surface area contributed by atoms with E-state index in [1.54, 1.807) is 6.92 Å². The van der Waals surface area contributed by atoms with Crippen molar-refractivity contribution in [2.75, 3.05) is 38.0 Å². The number of hydrogen-bond acceptors (Lipinski definition) is 8. The fraction of sp³-hybridized carbons (Fsp3) is 0.381. The molecule has 4 heterocycles. The van der Waals surface area contributed by atoms with Crippen LogP contribution in [0.1, 0.15) is 61.0 Å². The van der Waals surface area contributed by atoms with E-state index >= 15 is 4.39 Å². The molecule has 2 aromatic heterocycles. The molecular formula is C42H45F5N6O5. The molecule has 0 saturated carbocycles. The number of aromatic amines is 1. The van der Waals surface area contributed by atoms with Crippen LogP contribution in [0.15, 0.2) is 67.0 Å². The van der Waals surface area contributed by atoms with Crippen molar-refractivity contribution in [3.05, 3.63) is 95.3 Å². The quantitative estimate of drug-likeness (QED) is 0.0939. The molecule has 11 nitrogen and oxygen atoms in total.